The lowest BCUT2D eigenvalue weighted by atomic mass is 9.56. The number of hydrogen-bond acceptors (Lipinski definition) is 1. The van der Waals surface area contributed by atoms with E-state index >= 15 is 0 Å². The maximum absolute atomic E-state index is 3.59. The van der Waals surface area contributed by atoms with Gasteiger partial charge in [-0.05, 0) is 58.5 Å². The minimum absolute atomic E-state index is 0.386. The van der Waals surface area contributed by atoms with Gasteiger partial charge in [-0.2, -0.15) is 0 Å². The summed E-state index contributed by atoms with van der Waals surface area (Å²) >= 11 is 2.46. The highest BCUT2D eigenvalue weighted by molar-refractivity contribution is 14.1. The molecule has 16 heavy (non-hydrogen) atoms. The van der Waals surface area contributed by atoms with Crippen LogP contribution in [0.4, 0.5) is 0 Å². The van der Waals surface area contributed by atoms with E-state index in [1.807, 2.05) is 0 Å². The maximum atomic E-state index is 3.59. The zero-order valence-electron chi connectivity index (χ0n) is 10.3. The third kappa shape index (κ3) is 2.02. The summed E-state index contributed by atoms with van der Waals surface area (Å²) in [6.07, 6.45) is 1.28. The maximum Gasteiger partial charge on any atom is 0.0165 e. The van der Waals surface area contributed by atoms with Crippen LogP contribution in [0, 0.1) is 8.99 Å². The van der Waals surface area contributed by atoms with E-state index in [4.69, 9.17) is 0 Å². The molecule has 0 amide bonds. The van der Waals surface area contributed by atoms with Gasteiger partial charge >= 0.3 is 0 Å². The van der Waals surface area contributed by atoms with E-state index in [-0.39, 0.29) is 0 Å². The molecule has 88 valence electrons. The Kier molecular flexibility index (Phi) is 3.59. The average Bonchev–Trinajstić information content (AvgIpc) is 2.25. The van der Waals surface area contributed by atoms with Gasteiger partial charge in [0.25, 0.3) is 0 Å². The van der Waals surface area contributed by atoms with Gasteiger partial charge in [0, 0.05) is 9.61 Å². The molecule has 0 spiro atoms. The molecule has 1 saturated carbocycles. The van der Waals surface area contributed by atoms with Crippen LogP contribution in [-0.2, 0) is 0 Å². The lowest BCUT2D eigenvalue weighted by molar-refractivity contribution is 0.0702. The van der Waals surface area contributed by atoms with Gasteiger partial charge in [0.05, 0.1) is 0 Å². The van der Waals surface area contributed by atoms with Crippen molar-refractivity contribution in [2.75, 3.05) is 6.54 Å². The molecule has 0 radical (unpaired) electrons. The summed E-state index contributed by atoms with van der Waals surface area (Å²) < 4.78 is 1.41. The van der Waals surface area contributed by atoms with Crippen LogP contribution >= 0.6 is 22.6 Å². The lowest BCUT2D eigenvalue weighted by Gasteiger charge is -2.53. The molecule has 1 aliphatic carbocycles. The van der Waals surface area contributed by atoms with Crippen molar-refractivity contribution in [3.05, 3.63) is 33.4 Å². The molecular formula is C14H20IN. The number of benzene rings is 1. The van der Waals surface area contributed by atoms with Gasteiger partial charge in [-0.1, -0.05) is 39.0 Å². The summed E-state index contributed by atoms with van der Waals surface area (Å²) in [5.74, 6) is 0.713. The molecule has 0 bridgehead atoms. The Hall–Kier alpha value is -0.0900. The van der Waals surface area contributed by atoms with Crippen LogP contribution in [0.5, 0.6) is 0 Å². The van der Waals surface area contributed by atoms with Crippen LogP contribution in [0.2, 0.25) is 0 Å². The Morgan fingerprint density at radius 2 is 2.06 bits per heavy atom. The summed E-state index contributed by atoms with van der Waals surface area (Å²) in [5.41, 5.74) is 1.92. The molecule has 2 heteroatoms. The molecule has 2 unspecified atom stereocenters. The second-order valence-corrected chi connectivity index (χ2v) is 6.40. The van der Waals surface area contributed by atoms with Crippen LogP contribution in [0.15, 0.2) is 24.3 Å². The molecule has 1 aromatic rings. The second kappa shape index (κ2) is 4.65. The van der Waals surface area contributed by atoms with Crippen molar-refractivity contribution < 1.29 is 0 Å². The van der Waals surface area contributed by atoms with E-state index in [1.165, 1.54) is 15.6 Å². The predicted octanol–water partition coefficient (Wildman–Crippen LogP) is 3.78. The smallest absolute Gasteiger partial charge is 0.0165 e. The first-order chi connectivity index (χ1) is 7.57. The van der Waals surface area contributed by atoms with Gasteiger partial charge in [-0.3, -0.25) is 0 Å². The zero-order valence-corrected chi connectivity index (χ0v) is 12.4. The zero-order chi connectivity index (χ0) is 11.8. The molecule has 1 aliphatic rings. The van der Waals surface area contributed by atoms with E-state index < -0.39 is 0 Å². The van der Waals surface area contributed by atoms with Crippen molar-refractivity contribution in [3.8, 4) is 0 Å². The minimum Gasteiger partial charge on any atom is -0.314 e. The summed E-state index contributed by atoms with van der Waals surface area (Å²) in [7, 11) is 0. The topological polar surface area (TPSA) is 12.0 Å². The Morgan fingerprint density at radius 3 is 2.62 bits per heavy atom. The van der Waals surface area contributed by atoms with E-state index in [1.54, 1.807) is 0 Å². The Labute approximate surface area is 112 Å². The molecule has 1 fully saturated rings. The Morgan fingerprint density at radius 1 is 1.38 bits per heavy atom. The number of hydrogen-bond donors (Lipinski definition) is 1. The van der Waals surface area contributed by atoms with Crippen molar-refractivity contribution in [1.29, 1.82) is 0 Å². The molecular weight excluding hydrogens is 309 g/mol. The van der Waals surface area contributed by atoms with Gasteiger partial charge in [0.1, 0.15) is 0 Å². The highest BCUT2D eigenvalue weighted by Gasteiger charge is 2.48. The molecule has 1 N–H and O–H groups in total. The lowest BCUT2D eigenvalue weighted by Crippen LogP contribution is -2.55. The van der Waals surface area contributed by atoms with Crippen molar-refractivity contribution >= 4 is 22.6 Å². The first-order valence-corrected chi connectivity index (χ1v) is 7.13. The molecule has 0 aliphatic heterocycles. The number of halogens is 1. The van der Waals surface area contributed by atoms with Crippen LogP contribution < -0.4 is 5.32 Å². The third-order valence-electron chi connectivity index (χ3n) is 4.00. The van der Waals surface area contributed by atoms with Crippen molar-refractivity contribution in [3.63, 3.8) is 0 Å². The molecule has 0 aromatic heterocycles. The molecule has 0 heterocycles. The quantitative estimate of drug-likeness (QED) is 0.832. The van der Waals surface area contributed by atoms with E-state index in [0.29, 0.717) is 17.4 Å². The van der Waals surface area contributed by atoms with Gasteiger partial charge < -0.3 is 5.32 Å². The molecule has 2 atom stereocenters. The molecule has 1 nitrogen and oxygen atoms in total. The van der Waals surface area contributed by atoms with Gasteiger partial charge in [0.2, 0.25) is 0 Å². The number of rotatable bonds is 3. The largest absolute Gasteiger partial charge is 0.314 e. The fourth-order valence-corrected chi connectivity index (χ4v) is 3.57. The van der Waals surface area contributed by atoms with Gasteiger partial charge in [-0.25, -0.2) is 0 Å². The van der Waals surface area contributed by atoms with Crippen molar-refractivity contribution in [1.82, 2.24) is 5.32 Å². The average molecular weight is 329 g/mol. The molecule has 1 aromatic carbocycles. The van der Waals surface area contributed by atoms with Crippen LogP contribution in [0.25, 0.3) is 0 Å². The predicted molar refractivity (Wildman–Crippen MR) is 77.8 cm³/mol. The SMILES string of the molecule is CCNC1CC(c2ccccc2I)C1(C)C. The summed E-state index contributed by atoms with van der Waals surface area (Å²) in [4.78, 5) is 0. The fraction of sp³-hybridized carbons (Fsp3) is 0.571. The first kappa shape index (κ1) is 12.4. The minimum atomic E-state index is 0.386. The van der Waals surface area contributed by atoms with Crippen molar-refractivity contribution in [2.45, 2.75) is 39.2 Å². The third-order valence-corrected chi connectivity index (χ3v) is 4.98. The molecule has 0 saturated heterocycles. The standard InChI is InChI=1S/C14H20IN/c1-4-16-13-9-11(14(13,2)3)10-7-5-6-8-12(10)15/h5-8,11,13,16H,4,9H2,1-3H3. The van der Waals surface area contributed by atoms with E-state index in [2.05, 4.69) is 72.9 Å². The van der Waals surface area contributed by atoms with Gasteiger partial charge in [-0.15, -0.1) is 0 Å². The van der Waals surface area contributed by atoms with Crippen LogP contribution in [-0.4, -0.2) is 12.6 Å². The highest BCUT2D eigenvalue weighted by Crippen LogP contribution is 2.53. The van der Waals surface area contributed by atoms with Crippen molar-refractivity contribution in [2.24, 2.45) is 5.41 Å². The summed E-state index contributed by atoms with van der Waals surface area (Å²) in [6.45, 7) is 8.04. The number of nitrogens with one attached hydrogen (secondary N) is 1. The highest BCUT2D eigenvalue weighted by atomic mass is 127. The van der Waals surface area contributed by atoms with Crippen LogP contribution in [0.1, 0.15) is 38.7 Å². The molecule has 2 rings (SSSR count). The summed E-state index contributed by atoms with van der Waals surface area (Å²) in [5, 5.41) is 3.59. The van der Waals surface area contributed by atoms with E-state index in [9.17, 15) is 0 Å². The van der Waals surface area contributed by atoms with E-state index in [0.717, 1.165) is 6.54 Å². The normalized spacial score (nSPS) is 27.5. The summed E-state index contributed by atoms with van der Waals surface area (Å²) in [6, 6.07) is 9.47. The monoisotopic (exact) mass is 329 g/mol. The Bertz CT molecular complexity index is 373. The second-order valence-electron chi connectivity index (χ2n) is 5.24. The van der Waals surface area contributed by atoms with Gasteiger partial charge in [0.15, 0.2) is 0 Å². The van der Waals surface area contributed by atoms with Crippen LogP contribution in [0.3, 0.4) is 0 Å². The first-order valence-electron chi connectivity index (χ1n) is 6.05. The Balaban J connectivity index is 2.17. The fourth-order valence-electron chi connectivity index (χ4n) is 2.80.